The monoisotopic (exact) mass is 330 g/mol. The van der Waals surface area contributed by atoms with Gasteiger partial charge in [-0.15, -0.1) is 0 Å². The maximum Gasteiger partial charge on any atom is 0.113 e. The van der Waals surface area contributed by atoms with Crippen molar-refractivity contribution >= 4 is 5.69 Å². The number of hydrogen-bond donors (Lipinski definition) is 2. The summed E-state index contributed by atoms with van der Waals surface area (Å²) in [6.45, 7) is 17.3. The zero-order chi connectivity index (χ0) is 17.5. The molecular formula is C20H34N4. The molecule has 0 radical (unpaired) electrons. The van der Waals surface area contributed by atoms with Crippen LogP contribution in [0, 0.1) is 12.8 Å². The van der Waals surface area contributed by atoms with Crippen molar-refractivity contribution in [2.75, 3.05) is 31.1 Å². The summed E-state index contributed by atoms with van der Waals surface area (Å²) in [6.07, 6.45) is 2.47. The van der Waals surface area contributed by atoms with E-state index >= 15 is 0 Å². The van der Waals surface area contributed by atoms with Crippen molar-refractivity contribution in [2.45, 2.75) is 46.6 Å². The predicted molar refractivity (Wildman–Crippen MR) is 104 cm³/mol. The first-order chi connectivity index (χ1) is 11.5. The molecule has 0 aliphatic carbocycles. The summed E-state index contributed by atoms with van der Waals surface area (Å²) in [5, 5.41) is 5.91. The first-order valence-corrected chi connectivity index (χ1v) is 9.29. The van der Waals surface area contributed by atoms with E-state index in [0.29, 0.717) is 12.0 Å². The third kappa shape index (κ3) is 4.99. The van der Waals surface area contributed by atoms with Crippen molar-refractivity contribution in [3.05, 3.63) is 42.2 Å². The minimum Gasteiger partial charge on any atom is -0.328 e. The van der Waals surface area contributed by atoms with Crippen LogP contribution < -0.4 is 15.6 Å². The summed E-state index contributed by atoms with van der Waals surface area (Å²) in [4.78, 5) is 2.26. The quantitative estimate of drug-likeness (QED) is 0.714. The summed E-state index contributed by atoms with van der Waals surface area (Å²) < 4.78 is 0. The fourth-order valence-electron chi connectivity index (χ4n) is 3.38. The number of nitrogens with zero attached hydrogens (tertiary/aromatic N) is 2. The second-order valence-corrected chi connectivity index (χ2v) is 7.14. The van der Waals surface area contributed by atoms with Crippen LogP contribution in [-0.2, 0) is 0 Å². The van der Waals surface area contributed by atoms with Gasteiger partial charge in [-0.05, 0) is 50.8 Å². The van der Waals surface area contributed by atoms with E-state index in [0.717, 1.165) is 32.0 Å². The SMILES string of the molecule is C=C(NN(CC(C)C)C1CCCNC1)N(CC)c1ccccc1C. The van der Waals surface area contributed by atoms with Gasteiger partial charge in [-0.1, -0.05) is 38.6 Å². The standard InChI is InChI=1S/C20H34N4/c1-6-23(20-12-8-7-10-17(20)4)18(5)22-24(15-16(2)3)19-11-9-13-21-14-19/h7-8,10,12,16,19,21-22H,5-6,9,11,13-15H2,1-4H3. The molecule has 1 saturated heterocycles. The highest BCUT2D eigenvalue weighted by Crippen LogP contribution is 2.22. The van der Waals surface area contributed by atoms with E-state index in [4.69, 9.17) is 0 Å². The zero-order valence-corrected chi connectivity index (χ0v) is 15.8. The Morgan fingerprint density at radius 1 is 1.38 bits per heavy atom. The van der Waals surface area contributed by atoms with Crippen LogP contribution in [0.25, 0.3) is 0 Å². The molecule has 2 N–H and O–H groups in total. The number of hydrazine groups is 1. The Bertz CT molecular complexity index is 520. The third-order valence-electron chi connectivity index (χ3n) is 4.59. The molecule has 1 aliphatic heterocycles. The van der Waals surface area contributed by atoms with Gasteiger partial charge in [0.25, 0.3) is 0 Å². The number of hydrogen-bond acceptors (Lipinski definition) is 4. The summed E-state index contributed by atoms with van der Waals surface area (Å²) in [5.74, 6) is 1.57. The molecule has 1 heterocycles. The van der Waals surface area contributed by atoms with Crippen LogP contribution >= 0.6 is 0 Å². The van der Waals surface area contributed by atoms with Gasteiger partial charge < -0.3 is 15.6 Å². The lowest BCUT2D eigenvalue weighted by Gasteiger charge is -2.39. The third-order valence-corrected chi connectivity index (χ3v) is 4.59. The number of rotatable bonds is 8. The average molecular weight is 331 g/mol. The van der Waals surface area contributed by atoms with Crippen LogP contribution in [0.5, 0.6) is 0 Å². The molecule has 0 saturated carbocycles. The van der Waals surface area contributed by atoms with Gasteiger partial charge in [0.15, 0.2) is 0 Å². The van der Waals surface area contributed by atoms with Crippen LogP contribution in [0.4, 0.5) is 5.69 Å². The smallest absolute Gasteiger partial charge is 0.113 e. The van der Waals surface area contributed by atoms with Gasteiger partial charge in [0.1, 0.15) is 5.82 Å². The van der Waals surface area contributed by atoms with Gasteiger partial charge in [-0.2, -0.15) is 0 Å². The molecule has 2 rings (SSSR count). The van der Waals surface area contributed by atoms with Crippen LogP contribution in [-0.4, -0.2) is 37.2 Å². The maximum absolute atomic E-state index is 4.34. The second kappa shape index (κ2) is 9.09. The Hall–Kier alpha value is -1.52. The molecule has 4 nitrogen and oxygen atoms in total. The molecule has 134 valence electrons. The molecule has 0 aromatic heterocycles. The van der Waals surface area contributed by atoms with Crippen molar-refractivity contribution in [3.8, 4) is 0 Å². The van der Waals surface area contributed by atoms with Crippen LogP contribution in [0.2, 0.25) is 0 Å². The van der Waals surface area contributed by atoms with E-state index in [-0.39, 0.29) is 0 Å². The fraction of sp³-hybridized carbons (Fsp3) is 0.600. The molecule has 1 atom stereocenters. The Morgan fingerprint density at radius 3 is 2.71 bits per heavy atom. The zero-order valence-electron chi connectivity index (χ0n) is 15.8. The molecule has 1 aliphatic rings. The highest BCUT2D eigenvalue weighted by atomic mass is 15.6. The first kappa shape index (κ1) is 18.8. The molecule has 0 spiro atoms. The van der Waals surface area contributed by atoms with Gasteiger partial charge in [0, 0.05) is 31.4 Å². The number of benzene rings is 1. The van der Waals surface area contributed by atoms with E-state index in [2.05, 4.69) is 79.2 Å². The van der Waals surface area contributed by atoms with Crippen molar-refractivity contribution in [2.24, 2.45) is 5.92 Å². The summed E-state index contributed by atoms with van der Waals surface area (Å²) in [7, 11) is 0. The fourth-order valence-corrected chi connectivity index (χ4v) is 3.38. The van der Waals surface area contributed by atoms with Crippen molar-refractivity contribution in [1.82, 2.24) is 15.8 Å². The highest BCUT2D eigenvalue weighted by Gasteiger charge is 2.23. The molecule has 1 aromatic rings. The molecule has 24 heavy (non-hydrogen) atoms. The number of piperidine rings is 1. The minimum atomic E-state index is 0.522. The van der Waals surface area contributed by atoms with E-state index in [1.165, 1.54) is 24.1 Å². The summed E-state index contributed by atoms with van der Waals surface area (Å²) >= 11 is 0. The highest BCUT2D eigenvalue weighted by molar-refractivity contribution is 5.56. The van der Waals surface area contributed by atoms with Crippen molar-refractivity contribution < 1.29 is 0 Å². The lowest BCUT2D eigenvalue weighted by molar-refractivity contribution is 0.103. The molecule has 1 unspecified atom stereocenters. The largest absolute Gasteiger partial charge is 0.328 e. The van der Waals surface area contributed by atoms with E-state index < -0.39 is 0 Å². The second-order valence-electron chi connectivity index (χ2n) is 7.14. The lowest BCUT2D eigenvalue weighted by atomic mass is 10.1. The lowest BCUT2D eigenvalue weighted by Crippen LogP contribution is -2.54. The average Bonchev–Trinajstić information content (AvgIpc) is 2.57. The van der Waals surface area contributed by atoms with Crippen molar-refractivity contribution in [3.63, 3.8) is 0 Å². The number of aryl methyl sites for hydroxylation is 1. The van der Waals surface area contributed by atoms with Gasteiger partial charge in [0.05, 0.1) is 0 Å². The Balaban J connectivity index is 2.11. The van der Waals surface area contributed by atoms with E-state index in [9.17, 15) is 0 Å². The van der Waals surface area contributed by atoms with Gasteiger partial charge in [-0.25, -0.2) is 5.01 Å². The number of nitrogens with one attached hydrogen (secondary N) is 2. The van der Waals surface area contributed by atoms with Crippen LogP contribution in [0.15, 0.2) is 36.7 Å². The minimum absolute atomic E-state index is 0.522. The van der Waals surface area contributed by atoms with Crippen molar-refractivity contribution in [1.29, 1.82) is 0 Å². The van der Waals surface area contributed by atoms with Crippen LogP contribution in [0.1, 0.15) is 39.2 Å². The number of para-hydroxylation sites is 1. The Kier molecular flexibility index (Phi) is 7.13. The Labute approximate surface area is 147 Å². The molecule has 1 aromatic carbocycles. The Morgan fingerprint density at radius 2 is 2.12 bits per heavy atom. The van der Waals surface area contributed by atoms with Gasteiger partial charge in [0.2, 0.25) is 0 Å². The molecule has 1 fully saturated rings. The summed E-state index contributed by atoms with van der Waals surface area (Å²) in [6, 6.07) is 9.02. The summed E-state index contributed by atoms with van der Waals surface area (Å²) in [5.41, 5.74) is 6.12. The van der Waals surface area contributed by atoms with Gasteiger partial charge in [-0.3, -0.25) is 0 Å². The van der Waals surface area contributed by atoms with E-state index in [1.807, 2.05) is 0 Å². The van der Waals surface area contributed by atoms with Gasteiger partial charge >= 0.3 is 0 Å². The normalized spacial score (nSPS) is 18.0. The molecule has 0 amide bonds. The first-order valence-electron chi connectivity index (χ1n) is 9.29. The molecule has 0 bridgehead atoms. The predicted octanol–water partition coefficient (Wildman–Crippen LogP) is 3.51. The maximum atomic E-state index is 4.34. The van der Waals surface area contributed by atoms with Crippen LogP contribution in [0.3, 0.4) is 0 Å². The number of anilines is 1. The molecular weight excluding hydrogens is 296 g/mol. The molecule has 4 heteroatoms. The van der Waals surface area contributed by atoms with E-state index in [1.54, 1.807) is 0 Å². The topological polar surface area (TPSA) is 30.5 Å².